The summed E-state index contributed by atoms with van der Waals surface area (Å²) in [7, 11) is 0. The number of aliphatic hydroxyl groups is 1. The Bertz CT molecular complexity index is 6980. The second-order valence-corrected chi connectivity index (χ2v) is 38.4. The summed E-state index contributed by atoms with van der Waals surface area (Å²) in [5.74, 6) is -0.376. The summed E-state index contributed by atoms with van der Waals surface area (Å²) < 4.78 is 82.3. The van der Waals surface area contributed by atoms with E-state index in [1.54, 1.807) is 60.7 Å². The van der Waals surface area contributed by atoms with E-state index in [9.17, 15) is 29.1 Å². The van der Waals surface area contributed by atoms with Crippen molar-refractivity contribution in [1.29, 1.82) is 0 Å². The number of carbonyl (C=O) groups excluding carboxylic acids is 2. The van der Waals surface area contributed by atoms with Crippen molar-refractivity contribution in [3.8, 4) is 49.0 Å². The number of para-hydroxylation sites is 3. The van der Waals surface area contributed by atoms with Crippen molar-refractivity contribution in [2.24, 2.45) is 0 Å². The zero-order valence-electron chi connectivity index (χ0n) is 81.1. The number of thiazole rings is 3. The molecular formula is C107H114N16O19S3. The zero-order valence-corrected chi connectivity index (χ0v) is 83.6. The maximum atomic E-state index is 14.5. The quantitative estimate of drug-likeness (QED) is 0.00997. The smallest absolute Gasteiger partial charge is 0.346 e. The van der Waals surface area contributed by atoms with E-state index in [2.05, 4.69) is 94.4 Å². The number of amides is 1. The minimum atomic E-state index is -0.519. The number of rotatable bonds is 52. The summed E-state index contributed by atoms with van der Waals surface area (Å²) in [5, 5.41) is 22.5. The standard InChI is InChI=1S/C107H114N16O19S3/c1-68(2)121(82-30-27-75-51-85(105(127)140-91(75)56-82)101-109-88-13-7-10-16-96(88)143-101)63-79-60-118(115-112-79)33-36-130-39-42-133-45-48-136-94-54-78(100(125)108-59-71-23-25-74(26-24-71)104(126)139-67-73-21-19-72(66-124)20-22-73)55-95(137-49-46-134-43-40-131-37-34-119-61-80(113-116-119)64-122(69(3)4)83-31-28-76-52-86(106(128)141-92(76)57-83)102-110-89-14-8-11-17-97(89)144-102)99(94)138-50-47-135-44-41-132-38-35-120-62-81(114-117-120)65-123(70(5)6)84-32-29-77-53-87(107(129)142-93(77)58-84)103-111-90-15-9-12-18-98(90)145-103/h7-32,51-58,60-62,68-70,112-117,124H,33-50,59,63-67H2,1-6H3,(H,108,125). The topological polar surface area (TPSA) is 380 Å². The second-order valence-electron chi connectivity index (χ2n) is 35.3. The van der Waals surface area contributed by atoms with Crippen molar-refractivity contribution in [1.82, 2.24) is 68.2 Å². The van der Waals surface area contributed by atoms with Crippen molar-refractivity contribution in [2.45, 2.75) is 79.4 Å². The molecule has 9 aromatic carbocycles. The first-order valence-corrected chi connectivity index (χ1v) is 50.6. The van der Waals surface area contributed by atoms with Gasteiger partial charge in [0.05, 0.1) is 195 Å². The van der Waals surface area contributed by atoms with Crippen LogP contribution in [0, 0.1) is 0 Å². The molecule has 754 valence electrons. The summed E-state index contributed by atoms with van der Waals surface area (Å²) in [4.78, 5) is 88.6. The highest BCUT2D eigenvalue weighted by molar-refractivity contribution is 7.22. The van der Waals surface area contributed by atoms with Gasteiger partial charge in [-0.1, -0.05) is 72.8 Å². The van der Waals surface area contributed by atoms with Crippen molar-refractivity contribution in [3.63, 3.8) is 0 Å². The van der Waals surface area contributed by atoms with E-state index >= 15 is 0 Å². The molecule has 0 radical (unpaired) electrons. The van der Waals surface area contributed by atoms with Crippen molar-refractivity contribution >= 4 is 127 Å². The molecule has 6 aromatic heterocycles. The molecule has 0 bridgehead atoms. The van der Waals surface area contributed by atoms with Gasteiger partial charge in [0.2, 0.25) is 5.75 Å². The lowest BCUT2D eigenvalue weighted by atomic mass is 10.1. The number of aliphatic hydroxyl groups excluding tert-OH is 1. The predicted octanol–water partition coefficient (Wildman–Crippen LogP) is 15.1. The highest BCUT2D eigenvalue weighted by Gasteiger charge is 2.28. The van der Waals surface area contributed by atoms with Gasteiger partial charge < -0.3 is 102 Å². The van der Waals surface area contributed by atoms with Gasteiger partial charge in [-0.25, -0.2) is 34.1 Å². The molecule has 3 aliphatic heterocycles. The van der Waals surface area contributed by atoms with Crippen LogP contribution in [-0.4, -0.2) is 203 Å². The van der Waals surface area contributed by atoms with Crippen LogP contribution in [0.3, 0.4) is 0 Å². The van der Waals surface area contributed by atoms with Crippen LogP contribution in [-0.2, 0) is 52.9 Å². The molecule has 8 N–H and O–H groups in total. The number of nitrogens with zero attached hydrogens (tertiary/aromatic N) is 9. The van der Waals surface area contributed by atoms with Gasteiger partial charge in [0.15, 0.2) is 11.5 Å². The van der Waals surface area contributed by atoms with Gasteiger partial charge in [-0.2, -0.15) is 0 Å². The first kappa shape index (κ1) is 101. The largest absolute Gasteiger partial charge is 0.487 e. The molecule has 0 spiro atoms. The molecule has 0 saturated carbocycles. The third kappa shape index (κ3) is 26.1. The van der Waals surface area contributed by atoms with Crippen LogP contribution >= 0.6 is 34.0 Å². The second kappa shape index (κ2) is 48.4. The van der Waals surface area contributed by atoms with Crippen LogP contribution in [0.15, 0.2) is 270 Å². The summed E-state index contributed by atoms with van der Waals surface area (Å²) in [5.41, 5.74) is 31.6. The van der Waals surface area contributed by atoms with E-state index in [-0.39, 0.29) is 140 Å². The van der Waals surface area contributed by atoms with Crippen LogP contribution in [0.5, 0.6) is 17.2 Å². The molecule has 145 heavy (non-hydrogen) atoms. The molecule has 9 heterocycles. The number of fused-ring (bicyclic) bond motifs is 6. The van der Waals surface area contributed by atoms with Crippen LogP contribution < -0.4 is 84.0 Å². The van der Waals surface area contributed by atoms with E-state index in [1.807, 2.05) is 179 Å². The van der Waals surface area contributed by atoms with Crippen molar-refractivity contribution in [3.05, 3.63) is 301 Å². The number of nitrogens with one attached hydrogen (secondary N) is 7. The summed E-state index contributed by atoms with van der Waals surface area (Å²) in [6.07, 6.45) is 5.99. The Morgan fingerprint density at radius 1 is 0.393 bits per heavy atom. The summed E-state index contributed by atoms with van der Waals surface area (Å²) >= 11 is 4.38. The van der Waals surface area contributed by atoms with E-state index in [4.69, 9.17) is 75.6 Å². The number of esters is 1. The third-order valence-electron chi connectivity index (χ3n) is 24.1. The lowest BCUT2D eigenvalue weighted by Gasteiger charge is -2.29. The fourth-order valence-corrected chi connectivity index (χ4v) is 19.4. The van der Waals surface area contributed by atoms with Gasteiger partial charge in [0.25, 0.3) is 5.91 Å². The van der Waals surface area contributed by atoms with Gasteiger partial charge in [-0.3, -0.25) is 19.8 Å². The summed E-state index contributed by atoms with van der Waals surface area (Å²) in [6.45, 7) is 19.1. The number of carbonyl (C=O) groups is 2. The van der Waals surface area contributed by atoms with Crippen molar-refractivity contribution in [2.75, 3.05) is 153 Å². The first-order chi connectivity index (χ1) is 70.8. The lowest BCUT2D eigenvalue weighted by molar-refractivity contribution is 0.0249. The Morgan fingerprint density at radius 2 is 0.738 bits per heavy atom. The van der Waals surface area contributed by atoms with Crippen molar-refractivity contribution < 1.29 is 75.3 Å². The van der Waals surface area contributed by atoms with Gasteiger partial charge in [0.1, 0.15) is 58.2 Å². The van der Waals surface area contributed by atoms with Crippen LogP contribution in [0.1, 0.15) is 78.9 Å². The van der Waals surface area contributed by atoms with E-state index in [1.165, 1.54) is 34.0 Å². The number of aromatic nitrogens is 3. The molecule has 1 amide bonds. The minimum Gasteiger partial charge on any atom is -0.487 e. The molecule has 0 fully saturated rings. The molecule has 38 heteroatoms. The Balaban J connectivity index is 0.485. The number of anilines is 3. The van der Waals surface area contributed by atoms with Gasteiger partial charge in [-0.05, 0) is 173 Å². The van der Waals surface area contributed by atoms with E-state index < -0.39 is 28.8 Å². The Kier molecular flexibility index (Phi) is 33.6. The van der Waals surface area contributed by atoms with Crippen LogP contribution in [0.25, 0.3) is 95.3 Å². The molecule has 0 saturated heterocycles. The maximum absolute atomic E-state index is 14.5. The average molecular weight is 2020 g/mol. The van der Waals surface area contributed by atoms with Crippen LogP contribution in [0.4, 0.5) is 17.1 Å². The fraction of sp³-hybridized carbons (Fsp3) is 0.308. The molecule has 18 rings (SSSR count). The number of hydrogen-bond donors (Lipinski definition) is 8. The first-order valence-electron chi connectivity index (χ1n) is 48.1. The lowest BCUT2D eigenvalue weighted by Crippen LogP contribution is -2.40. The van der Waals surface area contributed by atoms with Gasteiger partial charge >= 0.3 is 22.8 Å². The fourth-order valence-electron chi connectivity index (χ4n) is 16.5. The Hall–Kier alpha value is -14.4. The number of hydrogen-bond acceptors (Lipinski definition) is 37. The monoisotopic (exact) mass is 2020 g/mol. The average Bonchev–Trinajstić information content (AvgIpc) is 1.73. The molecule has 0 atom stereocenters. The minimum absolute atomic E-state index is 0.0351. The Labute approximate surface area is 847 Å². The number of ether oxygens (including phenoxy) is 10. The molecular weight excluding hydrogens is 1910 g/mol. The molecule has 35 nitrogen and oxygen atoms in total. The molecule has 0 aliphatic carbocycles. The number of benzene rings is 9. The SMILES string of the molecule is CC(C)N(CC1=CN(CCOCCOCCOc2cc(C(=O)NCc3ccc(C(=O)OCc4ccc(CO)cc4)cc3)cc(OCCOCCOCCN3C=C(CN(c4ccc5cc(-c6nc7ccccc7s6)c(=O)oc5c4)C(C)C)NN3)c2OCCOCCOCCN2C=C(CN(c3ccc4cc(-c5nc6ccccc6s5)c(=O)oc4c3)C(C)C)NN2)NN1)c1ccc2cc(-c3nc4ccccc4s3)c(=O)oc2c1. The molecule has 0 unspecified atom stereocenters. The normalized spacial score (nSPS) is 13.1. The highest BCUT2D eigenvalue weighted by atomic mass is 32.1. The van der Waals surface area contributed by atoms with E-state index in [0.717, 1.165) is 92.1 Å². The van der Waals surface area contributed by atoms with E-state index in [0.29, 0.717) is 119 Å². The number of hydrazine groups is 6. The van der Waals surface area contributed by atoms with Gasteiger partial charge in [-0.15, -0.1) is 50.6 Å². The molecule has 3 aliphatic rings. The van der Waals surface area contributed by atoms with Crippen LogP contribution in [0.2, 0.25) is 0 Å². The predicted molar refractivity (Wildman–Crippen MR) is 561 cm³/mol. The zero-order chi connectivity index (χ0) is 100. The highest BCUT2D eigenvalue weighted by Crippen LogP contribution is 2.41. The summed E-state index contributed by atoms with van der Waals surface area (Å²) in [6, 6.07) is 64.0. The Morgan fingerprint density at radius 3 is 1.10 bits per heavy atom. The van der Waals surface area contributed by atoms with Gasteiger partial charge in [0, 0.05) is 100 Å². The maximum Gasteiger partial charge on any atom is 0.346 e. The third-order valence-corrected chi connectivity index (χ3v) is 27.3. The molecule has 15 aromatic rings.